The van der Waals surface area contributed by atoms with E-state index in [0.717, 1.165) is 4.88 Å². The summed E-state index contributed by atoms with van der Waals surface area (Å²) < 4.78 is 3.96. The van der Waals surface area contributed by atoms with Crippen molar-refractivity contribution in [1.82, 2.24) is 9.69 Å². The van der Waals surface area contributed by atoms with Crippen LogP contribution in [0, 0.1) is 6.92 Å². The number of hydrogen-bond acceptors (Lipinski definition) is 3. The Morgan fingerprint density at radius 1 is 1.82 bits per heavy atom. The SMILES string of the molecule is CCNC(=O)c1cc(C)sn1. The van der Waals surface area contributed by atoms with E-state index in [1.807, 2.05) is 13.8 Å². The lowest BCUT2D eigenvalue weighted by atomic mass is 10.3. The molecule has 0 fully saturated rings. The van der Waals surface area contributed by atoms with E-state index in [-0.39, 0.29) is 5.91 Å². The number of nitrogens with one attached hydrogen (secondary N) is 1. The molecular weight excluding hydrogens is 160 g/mol. The molecule has 4 heteroatoms. The van der Waals surface area contributed by atoms with Crippen molar-refractivity contribution in [3.8, 4) is 0 Å². The topological polar surface area (TPSA) is 42.0 Å². The van der Waals surface area contributed by atoms with Gasteiger partial charge in [0.1, 0.15) is 5.69 Å². The van der Waals surface area contributed by atoms with Gasteiger partial charge in [0, 0.05) is 11.4 Å². The maximum atomic E-state index is 11.1. The van der Waals surface area contributed by atoms with Crippen molar-refractivity contribution in [1.29, 1.82) is 0 Å². The van der Waals surface area contributed by atoms with Crippen LogP contribution in [0.1, 0.15) is 22.3 Å². The molecule has 60 valence electrons. The summed E-state index contributed by atoms with van der Waals surface area (Å²) >= 11 is 1.35. The number of hydrogen-bond donors (Lipinski definition) is 1. The molecule has 0 saturated heterocycles. The molecular formula is C7H10N2OS. The van der Waals surface area contributed by atoms with Crippen LogP contribution < -0.4 is 5.32 Å². The number of amides is 1. The van der Waals surface area contributed by atoms with Crippen LogP contribution in [0.15, 0.2) is 6.07 Å². The monoisotopic (exact) mass is 170 g/mol. The van der Waals surface area contributed by atoms with Gasteiger partial charge >= 0.3 is 0 Å². The highest BCUT2D eigenvalue weighted by atomic mass is 32.1. The Kier molecular flexibility index (Phi) is 2.59. The molecule has 0 aliphatic carbocycles. The van der Waals surface area contributed by atoms with E-state index in [1.54, 1.807) is 6.07 Å². The van der Waals surface area contributed by atoms with Gasteiger partial charge in [0.25, 0.3) is 5.91 Å². The van der Waals surface area contributed by atoms with Crippen LogP contribution in [0.5, 0.6) is 0 Å². The summed E-state index contributed by atoms with van der Waals surface area (Å²) in [7, 11) is 0. The largest absolute Gasteiger partial charge is 0.351 e. The molecule has 1 rings (SSSR count). The number of carbonyl (C=O) groups excluding carboxylic acids is 1. The number of rotatable bonds is 2. The maximum absolute atomic E-state index is 11.1. The second-order valence-electron chi connectivity index (χ2n) is 2.18. The smallest absolute Gasteiger partial charge is 0.270 e. The summed E-state index contributed by atoms with van der Waals surface area (Å²) in [5, 5.41) is 2.68. The van der Waals surface area contributed by atoms with Gasteiger partial charge in [-0.15, -0.1) is 0 Å². The van der Waals surface area contributed by atoms with Crippen LogP contribution in [-0.2, 0) is 0 Å². The Hall–Kier alpha value is -0.900. The predicted molar refractivity (Wildman–Crippen MR) is 44.9 cm³/mol. The van der Waals surface area contributed by atoms with Crippen molar-refractivity contribution in [3.05, 3.63) is 16.6 Å². The van der Waals surface area contributed by atoms with E-state index in [4.69, 9.17) is 0 Å². The summed E-state index contributed by atoms with van der Waals surface area (Å²) in [5.74, 6) is -0.0862. The minimum atomic E-state index is -0.0862. The number of aromatic nitrogens is 1. The first-order valence-electron chi connectivity index (χ1n) is 3.45. The van der Waals surface area contributed by atoms with Gasteiger partial charge in [0.15, 0.2) is 0 Å². The minimum Gasteiger partial charge on any atom is -0.351 e. The van der Waals surface area contributed by atoms with Crippen molar-refractivity contribution < 1.29 is 4.79 Å². The first-order chi connectivity index (χ1) is 5.24. The Bertz CT molecular complexity index is 257. The molecule has 3 nitrogen and oxygen atoms in total. The fourth-order valence-electron chi connectivity index (χ4n) is 0.725. The normalized spacial score (nSPS) is 9.64. The molecule has 1 N–H and O–H groups in total. The quantitative estimate of drug-likeness (QED) is 0.724. The highest BCUT2D eigenvalue weighted by Crippen LogP contribution is 2.07. The molecule has 1 aromatic rings. The molecule has 1 amide bonds. The molecule has 11 heavy (non-hydrogen) atoms. The first kappa shape index (κ1) is 8.20. The van der Waals surface area contributed by atoms with E-state index in [1.165, 1.54) is 11.5 Å². The van der Waals surface area contributed by atoms with Gasteiger partial charge in [0.2, 0.25) is 0 Å². The third-order valence-electron chi connectivity index (χ3n) is 1.20. The molecule has 0 bridgehead atoms. The summed E-state index contributed by atoms with van der Waals surface area (Å²) in [6.45, 7) is 4.47. The molecule has 0 saturated carbocycles. The van der Waals surface area contributed by atoms with Crippen LogP contribution in [0.25, 0.3) is 0 Å². The zero-order valence-corrected chi connectivity index (χ0v) is 7.36. The lowest BCUT2D eigenvalue weighted by Crippen LogP contribution is -2.22. The zero-order chi connectivity index (χ0) is 8.27. The fourth-order valence-corrected chi connectivity index (χ4v) is 1.27. The zero-order valence-electron chi connectivity index (χ0n) is 6.55. The minimum absolute atomic E-state index is 0.0862. The molecule has 0 spiro atoms. The predicted octanol–water partition coefficient (Wildman–Crippen LogP) is 1.20. The van der Waals surface area contributed by atoms with Crippen molar-refractivity contribution in [2.24, 2.45) is 0 Å². The Morgan fingerprint density at radius 2 is 2.55 bits per heavy atom. The van der Waals surface area contributed by atoms with Gasteiger partial charge < -0.3 is 5.32 Å². The van der Waals surface area contributed by atoms with E-state index < -0.39 is 0 Å². The van der Waals surface area contributed by atoms with E-state index in [9.17, 15) is 4.79 Å². The van der Waals surface area contributed by atoms with Gasteiger partial charge in [-0.1, -0.05) is 0 Å². The summed E-state index contributed by atoms with van der Waals surface area (Å²) in [6, 6.07) is 1.79. The third-order valence-corrected chi connectivity index (χ3v) is 1.89. The summed E-state index contributed by atoms with van der Waals surface area (Å²) in [4.78, 5) is 12.2. The average Bonchev–Trinajstić information content (AvgIpc) is 2.36. The second kappa shape index (κ2) is 3.48. The Balaban J connectivity index is 2.69. The lowest BCUT2D eigenvalue weighted by molar-refractivity contribution is 0.0952. The highest BCUT2D eigenvalue weighted by Gasteiger charge is 2.06. The molecule has 0 aliphatic rings. The summed E-state index contributed by atoms with van der Waals surface area (Å²) in [6.07, 6.45) is 0. The van der Waals surface area contributed by atoms with Crippen LogP contribution >= 0.6 is 11.5 Å². The van der Waals surface area contributed by atoms with Gasteiger partial charge in [0.05, 0.1) is 0 Å². The lowest BCUT2D eigenvalue weighted by Gasteiger charge is -1.95. The van der Waals surface area contributed by atoms with Gasteiger partial charge in [-0.2, -0.15) is 4.37 Å². The molecule has 0 radical (unpaired) electrons. The van der Waals surface area contributed by atoms with Crippen LogP contribution in [0.2, 0.25) is 0 Å². The average molecular weight is 170 g/mol. The first-order valence-corrected chi connectivity index (χ1v) is 4.23. The second-order valence-corrected chi connectivity index (χ2v) is 3.19. The number of aryl methyl sites for hydroxylation is 1. The van der Waals surface area contributed by atoms with Gasteiger partial charge in [-0.3, -0.25) is 4.79 Å². The van der Waals surface area contributed by atoms with E-state index in [2.05, 4.69) is 9.69 Å². The fraction of sp³-hybridized carbons (Fsp3) is 0.429. The molecule has 0 aromatic carbocycles. The maximum Gasteiger partial charge on any atom is 0.270 e. The third kappa shape index (κ3) is 2.01. The number of carbonyl (C=O) groups is 1. The number of nitrogens with zero attached hydrogens (tertiary/aromatic N) is 1. The molecule has 0 atom stereocenters. The summed E-state index contributed by atoms with van der Waals surface area (Å²) in [5.41, 5.74) is 0.523. The van der Waals surface area contributed by atoms with Crippen molar-refractivity contribution >= 4 is 17.4 Å². The molecule has 0 unspecified atom stereocenters. The van der Waals surface area contributed by atoms with Crippen molar-refractivity contribution in [3.63, 3.8) is 0 Å². The Morgan fingerprint density at radius 3 is 3.00 bits per heavy atom. The van der Waals surface area contributed by atoms with Crippen LogP contribution in [-0.4, -0.2) is 16.8 Å². The van der Waals surface area contributed by atoms with Crippen molar-refractivity contribution in [2.45, 2.75) is 13.8 Å². The van der Waals surface area contributed by atoms with Crippen LogP contribution in [0.3, 0.4) is 0 Å². The Labute approximate surface area is 69.6 Å². The van der Waals surface area contributed by atoms with Gasteiger partial charge in [-0.05, 0) is 31.4 Å². The highest BCUT2D eigenvalue weighted by molar-refractivity contribution is 7.05. The van der Waals surface area contributed by atoms with Gasteiger partial charge in [-0.25, -0.2) is 0 Å². The molecule has 1 heterocycles. The van der Waals surface area contributed by atoms with E-state index >= 15 is 0 Å². The molecule has 0 aliphatic heterocycles. The standard InChI is InChI=1S/C7H10N2OS/c1-3-8-7(10)6-4-5(2)11-9-6/h4H,3H2,1-2H3,(H,8,10). The van der Waals surface area contributed by atoms with Crippen molar-refractivity contribution in [2.75, 3.05) is 6.54 Å². The van der Waals surface area contributed by atoms with E-state index in [0.29, 0.717) is 12.2 Å². The molecule has 1 aromatic heterocycles. The van der Waals surface area contributed by atoms with Crippen LogP contribution in [0.4, 0.5) is 0 Å².